The fourth-order valence-electron chi connectivity index (χ4n) is 4.38. The summed E-state index contributed by atoms with van der Waals surface area (Å²) in [6, 6.07) is 8.86. The molecule has 1 N–H and O–H groups in total. The molecule has 8 heteroatoms. The number of carbonyl (C=O) groups is 1. The SMILES string of the molecule is CCc1nnc(SCC(=O)Nc2ccccc2N2CCN(C3CCCCC3)CC2)o1. The van der Waals surface area contributed by atoms with Crippen LogP contribution in [0.5, 0.6) is 0 Å². The third-order valence-electron chi connectivity index (χ3n) is 6.00. The molecule has 1 aliphatic carbocycles. The molecule has 2 aliphatic rings. The zero-order valence-electron chi connectivity index (χ0n) is 17.7. The lowest BCUT2D eigenvalue weighted by molar-refractivity contribution is -0.113. The number of aromatic nitrogens is 2. The Hall–Kier alpha value is -2.06. The number of nitrogens with one attached hydrogen (secondary N) is 1. The molecule has 1 aromatic carbocycles. The van der Waals surface area contributed by atoms with Gasteiger partial charge in [-0.1, -0.05) is 50.1 Å². The van der Waals surface area contributed by atoms with Gasteiger partial charge in [0, 0.05) is 38.6 Å². The van der Waals surface area contributed by atoms with Crippen molar-refractivity contribution in [3.8, 4) is 0 Å². The van der Waals surface area contributed by atoms with Crippen LogP contribution in [0.25, 0.3) is 0 Å². The van der Waals surface area contributed by atoms with Gasteiger partial charge in [0.2, 0.25) is 11.8 Å². The second-order valence-electron chi connectivity index (χ2n) is 7.98. The molecule has 162 valence electrons. The fourth-order valence-corrected chi connectivity index (χ4v) is 4.96. The van der Waals surface area contributed by atoms with E-state index in [1.165, 1.54) is 43.9 Å². The number of hydrogen-bond acceptors (Lipinski definition) is 7. The summed E-state index contributed by atoms with van der Waals surface area (Å²) in [5, 5.41) is 11.4. The number of thioether (sulfide) groups is 1. The summed E-state index contributed by atoms with van der Waals surface area (Å²) < 4.78 is 5.46. The van der Waals surface area contributed by atoms with E-state index in [-0.39, 0.29) is 11.7 Å². The second-order valence-corrected chi connectivity index (χ2v) is 8.91. The Morgan fingerprint density at radius 2 is 1.90 bits per heavy atom. The van der Waals surface area contributed by atoms with Gasteiger partial charge >= 0.3 is 0 Å². The summed E-state index contributed by atoms with van der Waals surface area (Å²) in [7, 11) is 0. The van der Waals surface area contributed by atoms with Crippen molar-refractivity contribution in [2.45, 2.75) is 56.7 Å². The highest BCUT2D eigenvalue weighted by atomic mass is 32.2. The Morgan fingerprint density at radius 1 is 1.13 bits per heavy atom. The van der Waals surface area contributed by atoms with Gasteiger partial charge in [-0.15, -0.1) is 10.2 Å². The zero-order chi connectivity index (χ0) is 20.8. The molecular formula is C22H31N5O2S. The Kier molecular flexibility index (Phi) is 7.28. The van der Waals surface area contributed by atoms with Crippen molar-refractivity contribution in [2.75, 3.05) is 42.1 Å². The first kappa shape index (κ1) is 21.2. The van der Waals surface area contributed by atoms with Gasteiger partial charge in [0.25, 0.3) is 5.22 Å². The number of aryl methyl sites for hydroxylation is 1. The Morgan fingerprint density at radius 3 is 2.63 bits per heavy atom. The van der Waals surface area contributed by atoms with E-state index in [4.69, 9.17) is 4.42 Å². The average Bonchev–Trinajstić information content (AvgIpc) is 3.27. The Bertz CT molecular complexity index is 828. The van der Waals surface area contributed by atoms with Gasteiger partial charge in [-0.25, -0.2) is 0 Å². The predicted molar refractivity (Wildman–Crippen MR) is 120 cm³/mol. The number of hydrogen-bond donors (Lipinski definition) is 1. The predicted octanol–water partition coefficient (Wildman–Crippen LogP) is 3.82. The van der Waals surface area contributed by atoms with E-state index in [1.807, 2.05) is 25.1 Å². The lowest BCUT2D eigenvalue weighted by atomic mass is 9.94. The van der Waals surface area contributed by atoms with Crippen molar-refractivity contribution in [3.63, 3.8) is 0 Å². The highest BCUT2D eigenvalue weighted by Crippen LogP contribution is 2.29. The molecule has 0 atom stereocenters. The summed E-state index contributed by atoms with van der Waals surface area (Å²) in [5.41, 5.74) is 1.97. The van der Waals surface area contributed by atoms with E-state index in [1.54, 1.807) is 0 Å². The number of benzene rings is 1. The summed E-state index contributed by atoms with van der Waals surface area (Å²) in [6.45, 7) is 6.15. The van der Waals surface area contributed by atoms with Crippen molar-refractivity contribution in [1.82, 2.24) is 15.1 Å². The molecule has 0 unspecified atom stereocenters. The molecule has 1 aromatic heterocycles. The number of piperazine rings is 1. The lowest BCUT2D eigenvalue weighted by Gasteiger charge is -2.42. The lowest BCUT2D eigenvalue weighted by Crippen LogP contribution is -2.51. The number of para-hydroxylation sites is 2. The molecule has 1 saturated heterocycles. The van der Waals surface area contributed by atoms with E-state index in [2.05, 4.69) is 31.4 Å². The Balaban J connectivity index is 1.31. The van der Waals surface area contributed by atoms with Crippen molar-refractivity contribution in [2.24, 2.45) is 0 Å². The number of amides is 1. The number of anilines is 2. The van der Waals surface area contributed by atoms with Gasteiger partial charge in [0.15, 0.2) is 0 Å². The maximum Gasteiger partial charge on any atom is 0.277 e. The molecular weight excluding hydrogens is 398 g/mol. The number of nitrogens with zero attached hydrogens (tertiary/aromatic N) is 4. The maximum absolute atomic E-state index is 12.5. The molecule has 4 rings (SSSR count). The van der Waals surface area contributed by atoms with Gasteiger partial charge in [-0.05, 0) is 25.0 Å². The van der Waals surface area contributed by atoms with Crippen LogP contribution in [0.3, 0.4) is 0 Å². The highest BCUT2D eigenvalue weighted by Gasteiger charge is 2.26. The minimum Gasteiger partial charge on any atom is -0.416 e. The van der Waals surface area contributed by atoms with E-state index < -0.39 is 0 Å². The van der Waals surface area contributed by atoms with Crippen LogP contribution in [0.1, 0.15) is 44.9 Å². The molecule has 0 radical (unpaired) electrons. The van der Waals surface area contributed by atoms with Crippen LogP contribution in [0.2, 0.25) is 0 Å². The molecule has 1 saturated carbocycles. The smallest absolute Gasteiger partial charge is 0.277 e. The van der Waals surface area contributed by atoms with Gasteiger partial charge in [-0.3, -0.25) is 9.69 Å². The van der Waals surface area contributed by atoms with E-state index in [9.17, 15) is 4.79 Å². The molecule has 7 nitrogen and oxygen atoms in total. The molecule has 2 aromatic rings. The van der Waals surface area contributed by atoms with Gasteiger partial charge in [-0.2, -0.15) is 0 Å². The van der Waals surface area contributed by atoms with Crippen molar-refractivity contribution >= 4 is 29.0 Å². The van der Waals surface area contributed by atoms with E-state index in [0.717, 1.165) is 43.6 Å². The molecule has 1 amide bonds. The third kappa shape index (κ3) is 5.35. The summed E-state index contributed by atoms with van der Waals surface area (Å²) in [4.78, 5) is 17.6. The molecule has 30 heavy (non-hydrogen) atoms. The molecule has 0 spiro atoms. The normalized spacial score (nSPS) is 18.5. The third-order valence-corrected chi connectivity index (χ3v) is 6.82. The van der Waals surface area contributed by atoms with Crippen LogP contribution in [0.15, 0.2) is 33.9 Å². The number of carbonyl (C=O) groups excluding carboxylic acids is 1. The van der Waals surface area contributed by atoms with E-state index in [0.29, 0.717) is 17.5 Å². The van der Waals surface area contributed by atoms with Crippen LogP contribution < -0.4 is 10.2 Å². The van der Waals surface area contributed by atoms with Gasteiger partial charge in [0.1, 0.15) is 0 Å². The average molecular weight is 430 g/mol. The van der Waals surface area contributed by atoms with Crippen molar-refractivity contribution in [1.29, 1.82) is 0 Å². The largest absolute Gasteiger partial charge is 0.416 e. The fraction of sp³-hybridized carbons (Fsp3) is 0.591. The van der Waals surface area contributed by atoms with Crippen LogP contribution >= 0.6 is 11.8 Å². The monoisotopic (exact) mass is 429 g/mol. The summed E-state index contributed by atoms with van der Waals surface area (Å²) in [5.74, 6) is 0.773. The summed E-state index contributed by atoms with van der Waals surface area (Å²) in [6.07, 6.45) is 7.55. The van der Waals surface area contributed by atoms with E-state index >= 15 is 0 Å². The van der Waals surface area contributed by atoms with Crippen LogP contribution in [0.4, 0.5) is 11.4 Å². The van der Waals surface area contributed by atoms with Crippen molar-refractivity contribution in [3.05, 3.63) is 30.2 Å². The first-order valence-electron chi connectivity index (χ1n) is 11.1. The second kappa shape index (κ2) is 10.3. The molecule has 2 heterocycles. The molecule has 0 bridgehead atoms. The van der Waals surface area contributed by atoms with Crippen LogP contribution in [-0.4, -0.2) is 59.0 Å². The number of rotatable bonds is 7. The van der Waals surface area contributed by atoms with Gasteiger partial charge in [0.05, 0.1) is 17.1 Å². The Labute approximate surface area is 182 Å². The molecule has 1 aliphatic heterocycles. The standard InChI is InChI=1S/C22H31N5O2S/c1-2-21-24-25-22(29-21)30-16-20(28)23-18-10-6-7-11-19(18)27-14-12-26(13-15-27)17-8-4-3-5-9-17/h6-7,10-11,17H,2-5,8-9,12-16H2,1H3,(H,23,28). The first-order valence-corrected chi connectivity index (χ1v) is 12.0. The zero-order valence-corrected chi connectivity index (χ0v) is 18.5. The van der Waals surface area contributed by atoms with Crippen LogP contribution in [-0.2, 0) is 11.2 Å². The molecule has 2 fully saturated rings. The topological polar surface area (TPSA) is 74.5 Å². The first-order chi connectivity index (χ1) is 14.7. The quantitative estimate of drug-likeness (QED) is 0.671. The van der Waals surface area contributed by atoms with Crippen LogP contribution in [0, 0.1) is 0 Å². The minimum absolute atomic E-state index is 0.0652. The maximum atomic E-state index is 12.5. The minimum atomic E-state index is -0.0652. The van der Waals surface area contributed by atoms with Gasteiger partial charge < -0.3 is 14.6 Å². The highest BCUT2D eigenvalue weighted by molar-refractivity contribution is 7.99. The van der Waals surface area contributed by atoms with Crippen molar-refractivity contribution < 1.29 is 9.21 Å². The summed E-state index contributed by atoms with van der Waals surface area (Å²) >= 11 is 1.27.